The molecule has 1 unspecified atom stereocenters. The number of hydrogen-bond acceptors (Lipinski definition) is 10. The van der Waals surface area contributed by atoms with Crippen LogP contribution in [0.5, 0.6) is 0 Å². The van der Waals surface area contributed by atoms with Gasteiger partial charge in [-0.2, -0.15) is 0 Å². The van der Waals surface area contributed by atoms with Crippen molar-refractivity contribution in [2.24, 2.45) is 0 Å². The molecule has 0 amide bonds. The van der Waals surface area contributed by atoms with Crippen molar-refractivity contribution in [3.05, 3.63) is 0 Å². The van der Waals surface area contributed by atoms with Crippen LogP contribution in [0.15, 0.2) is 0 Å². The fraction of sp³-hybridized carbons (Fsp3) is 0.714. The summed E-state index contributed by atoms with van der Waals surface area (Å²) in [5.74, 6) is -2.62. The SMILES string of the molecule is CC(=O)OC[C@H]1OC([S-])[C@H](OC(C)=O)[C@@H](OC(C)=O)[C@@H]1OC(C)=O.[Au+]. The smallest absolute Gasteiger partial charge is 0.757 e. The predicted molar refractivity (Wildman–Crippen MR) is 79.3 cm³/mol. The molecule has 0 aliphatic carbocycles. The van der Waals surface area contributed by atoms with Crippen molar-refractivity contribution in [1.82, 2.24) is 0 Å². The molecule has 1 rings (SSSR count). The van der Waals surface area contributed by atoms with Gasteiger partial charge in [0.05, 0.1) is 0 Å². The van der Waals surface area contributed by atoms with Crippen molar-refractivity contribution >= 4 is 36.5 Å². The van der Waals surface area contributed by atoms with Crippen LogP contribution < -0.4 is 0 Å². The van der Waals surface area contributed by atoms with E-state index in [0.29, 0.717) is 0 Å². The average molecular weight is 560 g/mol. The van der Waals surface area contributed by atoms with Gasteiger partial charge in [0.2, 0.25) is 0 Å². The Morgan fingerprint density at radius 2 is 1.24 bits per heavy atom. The van der Waals surface area contributed by atoms with Crippen LogP contribution in [0.2, 0.25) is 0 Å². The Labute approximate surface area is 165 Å². The van der Waals surface area contributed by atoms with Crippen molar-refractivity contribution in [3.8, 4) is 0 Å². The molecule has 1 fully saturated rings. The van der Waals surface area contributed by atoms with Gasteiger partial charge >= 0.3 is 46.3 Å². The molecule has 0 aromatic carbocycles. The van der Waals surface area contributed by atoms with Crippen molar-refractivity contribution in [3.63, 3.8) is 0 Å². The van der Waals surface area contributed by atoms with E-state index in [0.717, 1.165) is 20.8 Å². The topological polar surface area (TPSA) is 114 Å². The number of ether oxygens (including phenoxy) is 5. The van der Waals surface area contributed by atoms with Gasteiger partial charge in [0.15, 0.2) is 12.2 Å². The first kappa shape index (κ1) is 23.9. The molecule has 1 aliphatic rings. The summed E-state index contributed by atoms with van der Waals surface area (Å²) in [5, 5.41) is 0. The van der Waals surface area contributed by atoms with Gasteiger partial charge < -0.3 is 36.3 Å². The largest absolute Gasteiger partial charge is 1.00 e. The van der Waals surface area contributed by atoms with Gasteiger partial charge in [0.1, 0.15) is 18.8 Å². The van der Waals surface area contributed by atoms with E-state index < -0.39 is 53.7 Å². The number of rotatable bonds is 5. The molecule has 0 aromatic rings. The molecule has 1 heterocycles. The summed E-state index contributed by atoms with van der Waals surface area (Å²) in [6, 6.07) is 0. The van der Waals surface area contributed by atoms with Crippen LogP contribution in [0, 0.1) is 0 Å². The first-order valence-corrected chi connectivity index (χ1v) is 7.55. The molecule has 1 aliphatic heterocycles. The first-order chi connectivity index (χ1) is 11.1. The quantitative estimate of drug-likeness (QED) is 0.191. The summed E-state index contributed by atoms with van der Waals surface area (Å²) in [6.07, 6.45) is -4.47. The van der Waals surface area contributed by atoms with Crippen LogP contribution in [0.4, 0.5) is 0 Å². The third kappa shape index (κ3) is 7.78. The van der Waals surface area contributed by atoms with Crippen molar-refractivity contribution in [2.45, 2.75) is 57.5 Å². The summed E-state index contributed by atoms with van der Waals surface area (Å²) in [6.45, 7) is 4.36. The zero-order chi connectivity index (χ0) is 18.4. The Bertz CT molecular complexity index is 513. The zero-order valence-electron chi connectivity index (χ0n) is 14.0. The van der Waals surface area contributed by atoms with Crippen molar-refractivity contribution in [2.75, 3.05) is 6.61 Å². The van der Waals surface area contributed by atoms with Crippen LogP contribution in [-0.4, -0.2) is 60.3 Å². The Morgan fingerprint density at radius 1 is 0.800 bits per heavy atom. The minimum atomic E-state index is -1.19. The molecule has 0 radical (unpaired) electrons. The third-order valence-corrected chi connectivity index (χ3v) is 3.33. The van der Waals surface area contributed by atoms with Gasteiger partial charge in [-0.1, -0.05) is 0 Å². The van der Waals surface area contributed by atoms with Gasteiger partial charge in [-0.3, -0.25) is 19.2 Å². The van der Waals surface area contributed by atoms with Gasteiger partial charge in [-0.15, -0.1) is 0 Å². The van der Waals surface area contributed by atoms with E-state index in [1.807, 2.05) is 0 Å². The molecule has 0 spiro atoms. The summed E-state index contributed by atoms with van der Waals surface area (Å²) in [7, 11) is 0. The number of carbonyl (C=O) groups is 4. The van der Waals surface area contributed by atoms with Crippen LogP contribution in [0.3, 0.4) is 0 Å². The van der Waals surface area contributed by atoms with Crippen molar-refractivity contribution < 1.29 is 65.2 Å². The summed E-state index contributed by atoms with van der Waals surface area (Å²) in [4.78, 5) is 45.0. The van der Waals surface area contributed by atoms with Gasteiger partial charge in [0, 0.05) is 27.7 Å². The van der Waals surface area contributed by atoms with Crippen molar-refractivity contribution in [1.29, 1.82) is 0 Å². The molecular formula is C14H19AuO9S. The number of hydrogen-bond donors (Lipinski definition) is 0. The molecular weight excluding hydrogens is 541 g/mol. The maximum absolute atomic E-state index is 11.4. The minimum Gasteiger partial charge on any atom is -0.757 e. The maximum atomic E-state index is 11.4. The Balaban J connectivity index is 0.00000576. The van der Waals surface area contributed by atoms with E-state index in [9.17, 15) is 19.2 Å². The molecule has 0 bridgehead atoms. The normalized spacial score (nSPS) is 28.1. The van der Waals surface area contributed by atoms with E-state index in [1.165, 1.54) is 6.92 Å². The van der Waals surface area contributed by atoms with Crippen LogP contribution >= 0.6 is 0 Å². The molecule has 11 heteroatoms. The van der Waals surface area contributed by atoms with E-state index in [4.69, 9.17) is 36.3 Å². The van der Waals surface area contributed by atoms with E-state index in [1.54, 1.807) is 0 Å². The fourth-order valence-electron chi connectivity index (χ4n) is 2.19. The molecule has 0 saturated carbocycles. The Kier molecular flexibility index (Phi) is 10.4. The fourth-order valence-corrected chi connectivity index (χ4v) is 2.54. The molecule has 0 N–H and O–H groups in total. The number of carbonyl (C=O) groups excluding carboxylic acids is 4. The Morgan fingerprint density at radius 3 is 1.68 bits per heavy atom. The summed E-state index contributed by atoms with van der Waals surface area (Å²) in [5.41, 5.74) is -1.09. The van der Waals surface area contributed by atoms with E-state index in [-0.39, 0.29) is 29.0 Å². The molecule has 0 aromatic heterocycles. The average Bonchev–Trinajstić information content (AvgIpc) is 2.42. The van der Waals surface area contributed by atoms with E-state index >= 15 is 0 Å². The van der Waals surface area contributed by atoms with Crippen LogP contribution in [0.25, 0.3) is 0 Å². The van der Waals surface area contributed by atoms with Gasteiger partial charge in [0.25, 0.3) is 0 Å². The first-order valence-electron chi connectivity index (χ1n) is 7.08. The van der Waals surface area contributed by atoms with Crippen LogP contribution in [0.1, 0.15) is 27.7 Å². The predicted octanol–water partition coefficient (Wildman–Crippen LogP) is -0.386. The van der Waals surface area contributed by atoms with Gasteiger partial charge in [-0.25, -0.2) is 0 Å². The molecule has 25 heavy (non-hydrogen) atoms. The molecule has 5 atom stereocenters. The van der Waals surface area contributed by atoms with Crippen LogP contribution in [-0.2, 0) is 77.9 Å². The second-order valence-electron chi connectivity index (χ2n) is 5.07. The minimum absolute atomic E-state index is 0. The molecule has 9 nitrogen and oxygen atoms in total. The second kappa shape index (κ2) is 10.8. The number of esters is 4. The third-order valence-electron chi connectivity index (χ3n) is 2.95. The van der Waals surface area contributed by atoms with E-state index in [2.05, 4.69) is 0 Å². The molecule has 146 valence electrons. The molecule has 1 saturated heterocycles. The zero-order valence-corrected chi connectivity index (χ0v) is 17.0. The summed E-state index contributed by atoms with van der Waals surface area (Å²) < 4.78 is 25.7. The van der Waals surface area contributed by atoms with Gasteiger partial charge in [-0.05, 0) is 5.44 Å². The maximum Gasteiger partial charge on any atom is 1.00 e. The summed E-state index contributed by atoms with van der Waals surface area (Å²) >= 11 is 5.11. The Hall–Kier alpha value is -1.07. The second-order valence-corrected chi connectivity index (χ2v) is 5.53. The standard InChI is InChI=1S/C14H20O9S.Au/c1-6(15)19-5-10-11(20-7(2)16)12(21-8(3)17)13(14(24)23-10)22-9(4)18;/h10-14,24H,5H2,1-4H3;/q;+1/p-1/t10-,11-,12+,13-,14?;/m1./s1. The monoisotopic (exact) mass is 560 g/mol.